The highest BCUT2D eigenvalue weighted by atomic mass is 32.1. The maximum absolute atomic E-state index is 5.49. The molecule has 0 unspecified atom stereocenters. The third kappa shape index (κ3) is 4.05. The summed E-state index contributed by atoms with van der Waals surface area (Å²) in [6, 6.07) is 4.27. The van der Waals surface area contributed by atoms with Crippen LogP contribution in [0.1, 0.15) is 4.88 Å². The van der Waals surface area contributed by atoms with Gasteiger partial charge in [0.15, 0.2) is 0 Å². The number of nitrogens with two attached hydrogens (primary N) is 1. The second kappa shape index (κ2) is 5.96. The van der Waals surface area contributed by atoms with Gasteiger partial charge in [0.05, 0.1) is 0 Å². The van der Waals surface area contributed by atoms with Crippen molar-refractivity contribution in [2.75, 3.05) is 26.7 Å². The Morgan fingerprint density at radius 2 is 2.43 bits per heavy atom. The molecule has 78 valence electrons. The third-order valence-corrected chi connectivity index (χ3v) is 3.04. The van der Waals surface area contributed by atoms with Crippen LogP contribution in [-0.2, 0) is 6.42 Å². The van der Waals surface area contributed by atoms with E-state index < -0.39 is 0 Å². The van der Waals surface area contributed by atoms with E-state index in [-0.39, 0.29) is 0 Å². The summed E-state index contributed by atoms with van der Waals surface area (Å²) in [6.07, 6.45) is 1.12. The van der Waals surface area contributed by atoms with Crippen molar-refractivity contribution in [2.24, 2.45) is 5.73 Å². The molecule has 1 rings (SSSR count). The van der Waals surface area contributed by atoms with Crippen molar-refractivity contribution in [2.45, 2.75) is 6.42 Å². The zero-order valence-corrected chi connectivity index (χ0v) is 9.52. The van der Waals surface area contributed by atoms with E-state index in [9.17, 15) is 0 Å². The Kier molecular flexibility index (Phi) is 4.87. The molecule has 0 aliphatic rings. The van der Waals surface area contributed by atoms with Crippen molar-refractivity contribution in [3.63, 3.8) is 0 Å². The topological polar surface area (TPSA) is 29.3 Å². The van der Waals surface area contributed by atoms with Crippen LogP contribution < -0.4 is 5.73 Å². The molecule has 0 fully saturated rings. The Bertz CT molecular complexity index is 267. The molecule has 0 saturated carbocycles. The number of nitrogens with zero attached hydrogens (tertiary/aromatic N) is 1. The SMILES string of the molecule is C=C(CN)CN(C)CCc1cccs1. The van der Waals surface area contributed by atoms with Crippen LogP contribution in [0.5, 0.6) is 0 Å². The van der Waals surface area contributed by atoms with Crippen LogP contribution in [0.25, 0.3) is 0 Å². The Morgan fingerprint density at radius 1 is 1.64 bits per heavy atom. The van der Waals surface area contributed by atoms with Crippen LogP contribution in [0.4, 0.5) is 0 Å². The normalized spacial score (nSPS) is 10.8. The third-order valence-electron chi connectivity index (χ3n) is 2.10. The largest absolute Gasteiger partial charge is 0.327 e. The Balaban J connectivity index is 2.21. The Labute approximate surface area is 90.0 Å². The summed E-state index contributed by atoms with van der Waals surface area (Å²) in [6.45, 7) is 6.45. The van der Waals surface area contributed by atoms with Crippen molar-refractivity contribution in [3.05, 3.63) is 34.5 Å². The monoisotopic (exact) mass is 210 g/mol. The molecule has 0 atom stereocenters. The maximum atomic E-state index is 5.49. The van der Waals surface area contributed by atoms with E-state index in [4.69, 9.17) is 5.73 Å². The average molecular weight is 210 g/mol. The second-order valence-corrected chi connectivity index (χ2v) is 4.55. The van der Waals surface area contributed by atoms with Crippen molar-refractivity contribution in [3.8, 4) is 0 Å². The lowest BCUT2D eigenvalue weighted by molar-refractivity contribution is 0.367. The molecule has 1 aromatic heterocycles. The fraction of sp³-hybridized carbons (Fsp3) is 0.455. The zero-order chi connectivity index (χ0) is 10.4. The Hall–Kier alpha value is -0.640. The van der Waals surface area contributed by atoms with Gasteiger partial charge in [0.2, 0.25) is 0 Å². The van der Waals surface area contributed by atoms with Crippen molar-refractivity contribution < 1.29 is 0 Å². The second-order valence-electron chi connectivity index (χ2n) is 3.52. The predicted octanol–water partition coefficient (Wildman–Crippen LogP) is 1.74. The standard InChI is InChI=1S/C11H18N2S/c1-10(8-12)9-13(2)6-5-11-4-3-7-14-11/h3-4,7H,1,5-6,8-9,12H2,2H3. The smallest absolute Gasteiger partial charge is 0.0199 e. The van der Waals surface area contributed by atoms with E-state index in [1.165, 1.54) is 4.88 Å². The summed E-state index contributed by atoms with van der Waals surface area (Å²) in [7, 11) is 2.11. The number of likely N-dealkylation sites (N-methyl/N-ethyl adjacent to an activating group) is 1. The zero-order valence-electron chi connectivity index (χ0n) is 8.70. The molecule has 2 N–H and O–H groups in total. The van der Waals surface area contributed by atoms with Crippen LogP contribution in [0.15, 0.2) is 29.7 Å². The van der Waals surface area contributed by atoms with Gasteiger partial charge in [-0.1, -0.05) is 12.6 Å². The van der Waals surface area contributed by atoms with Crippen molar-refractivity contribution >= 4 is 11.3 Å². The number of hydrogen-bond acceptors (Lipinski definition) is 3. The molecule has 1 aromatic rings. The van der Waals surface area contributed by atoms with Gasteiger partial charge in [0, 0.05) is 24.5 Å². The van der Waals surface area contributed by atoms with Gasteiger partial charge in [-0.3, -0.25) is 0 Å². The lowest BCUT2D eigenvalue weighted by atomic mass is 10.2. The molecule has 0 radical (unpaired) electrons. The van der Waals surface area contributed by atoms with Crippen molar-refractivity contribution in [1.29, 1.82) is 0 Å². The molecule has 0 amide bonds. The van der Waals surface area contributed by atoms with Gasteiger partial charge < -0.3 is 10.6 Å². The first-order valence-corrected chi connectivity index (χ1v) is 5.68. The summed E-state index contributed by atoms with van der Waals surface area (Å²) in [5.41, 5.74) is 6.58. The van der Waals surface area contributed by atoms with Gasteiger partial charge in [0.25, 0.3) is 0 Å². The van der Waals surface area contributed by atoms with E-state index in [1.54, 1.807) is 0 Å². The first-order valence-electron chi connectivity index (χ1n) is 4.80. The molecule has 0 aromatic carbocycles. The van der Waals surface area contributed by atoms with Gasteiger partial charge in [-0.25, -0.2) is 0 Å². The summed E-state index contributed by atoms with van der Waals surface area (Å²) >= 11 is 1.82. The molecule has 0 saturated heterocycles. The lowest BCUT2D eigenvalue weighted by Gasteiger charge is -2.16. The van der Waals surface area contributed by atoms with E-state index in [1.807, 2.05) is 11.3 Å². The quantitative estimate of drug-likeness (QED) is 0.725. The molecular formula is C11H18N2S. The highest BCUT2D eigenvalue weighted by molar-refractivity contribution is 7.09. The molecule has 0 aliphatic carbocycles. The number of rotatable bonds is 6. The van der Waals surface area contributed by atoms with Gasteiger partial charge >= 0.3 is 0 Å². The van der Waals surface area contributed by atoms with Crippen LogP contribution in [0.3, 0.4) is 0 Å². The maximum Gasteiger partial charge on any atom is 0.0199 e. The minimum Gasteiger partial charge on any atom is -0.327 e. The summed E-state index contributed by atoms with van der Waals surface area (Å²) in [5.74, 6) is 0. The fourth-order valence-corrected chi connectivity index (χ4v) is 1.98. The predicted molar refractivity (Wildman–Crippen MR) is 63.7 cm³/mol. The molecular weight excluding hydrogens is 192 g/mol. The van der Waals surface area contributed by atoms with Crippen LogP contribution >= 0.6 is 11.3 Å². The molecule has 0 bridgehead atoms. The lowest BCUT2D eigenvalue weighted by Crippen LogP contribution is -2.25. The summed E-state index contributed by atoms with van der Waals surface area (Å²) < 4.78 is 0. The molecule has 1 heterocycles. The Morgan fingerprint density at radius 3 is 3.00 bits per heavy atom. The van der Waals surface area contributed by atoms with Crippen LogP contribution in [0, 0.1) is 0 Å². The molecule has 14 heavy (non-hydrogen) atoms. The minimum atomic E-state index is 0.587. The molecule has 2 nitrogen and oxygen atoms in total. The first-order chi connectivity index (χ1) is 6.72. The van der Waals surface area contributed by atoms with Gasteiger partial charge in [-0.05, 0) is 30.5 Å². The first kappa shape index (κ1) is 11.4. The minimum absolute atomic E-state index is 0.587. The fourth-order valence-electron chi connectivity index (χ4n) is 1.28. The molecule has 0 aliphatic heterocycles. The van der Waals surface area contributed by atoms with Gasteiger partial charge in [0.1, 0.15) is 0 Å². The van der Waals surface area contributed by atoms with E-state index in [0.717, 1.165) is 25.1 Å². The highest BCUT2D eigenvalue weighted by Gasteiger charge is 2.01. The highest BCUT2D eigenvalue weighted by Crippen LogP contribution is 2.09. The molecule has 3 heteroatoms. The number of thiophene rings is 1. The number of hydrogen-bond donors (Lipinski definition) is 1. The van der Waals surface area contributed by atoms with E-state index >= 15 is 0 Å². The van der Waals surface area contributed by atoms with Gasteiger partial charge in [-0.2, -0.15) is 0 Å². The van der Waals surface area contributed by atoms with E-state index in [2.05, 4.69) is 36.0 Å². The van der Waals surface area contributed by atoms with Crippen LogP contribution in [0.2, 0.25) is 0 Å². The van der Waals surface area contributed by atoms with E-state index in [0.29, 0.717) is 6.54 Å². The summed E-state index contributed by atoms with van der Waals surface area (Å²) in [5, 5.41) is 2.12. The summed E-state index contributed by atoms with van der Waals surface area (Å²) in [4.78, 5) is 3.70. The van der Waals surface area contributed by atoms with Crippen molar-refractivity contribution in [1.82, 2.24) is 4.90 Å². The molecule has 0 spiro atoms. The van der Waals surface area contributed by atoms with Gasteiger partial charge in [-0.15, -0.1) is 11.3 Å². The van der Waals surface area contributed by atoms with Crippen LogP contribution in [-0.4, -0.2) is 31.6 Å². The average Bonchev–Trinajstić information content (AvgIpc) is 2.67.